The van der Waals surface area contributed by atoms with Crippen molar-refractivity contribution in [1.29, 1.82) is 0 Å². The molecule has 43 heavy (non-hydrogen) atoms. The highest BCUT2D eigenvalue weighted by molar-refractivity contribution is 5.94. The van der Waals surface area contributed by atoms with Crippen LogP contribution >= 0.6 is 0 Å². The van der Waals surface area contributed by atoms with Crippen molar-refractivity contribution in [3.05, 3.63) is 48.0 Å². The Morgan fingerprint density at radius 3 is 2.37 bits per heavy atom. The zero-order chi connectivity index (χ0) is 30.6. The molecule has 1 saturated carbocycles. The van der Waals surface area contributed by atoms with Crippen LogP contribution in [0.15, 0.2) is 42.5 Å². The molecule has 0 saturated heterocycles. The van der Waals surface area contributed by atoms with E-state index in [9.17, 15) is 14.4 Å². The van der Waals surface area contributed by atoms with E-state index in [1.807, 2.05) is 19.1 Å². The number of carbonyl (C=O) groups excluding carboxylic acids is 3. The van der Waals surface area contributed by atoms with Crippen LogP contribution < -0.4 is 20.3 Å². The average Bonchev–Trinajstić information content (AvgIpc) is 3.00. The van der Waals surface area contributed by atoms with E-state index in [2.05, 4.69) is 47.9 Å². The molecule has 8 heteroatoms. The summed E-state index contributed by atoms with van der Waals surface area (Å²) >= 11 is 0. The molecule has 1 atom stereocenters. The highest BCUT2D eigenvalue weighted by atomic mass is 16.5. The number of unbranched alkanes of at least 4 members (excludes halogenated alkanes) is 3. The van der Waals surface area contributed by atoms with E-state index in [0.29, 0.717) is 44.5 Å². The molecule has 2 N–H and O–H groups in total. The zero-order valence-electron chi connectivity index (χ0n) is 26.2. The Kier molecular flexibility index (Phi) is 12.3. The number of fused-ring (bicyclic) bond motifs is 1. The van der Waals surface area contributed by atoms with Crippen LogP contribution in [0.5, 0.6) is 5.75 Å². The Balaban J connectivity index is 1.28. The number of benzene rings is 2. The fraction of sp³-hybridized carbons (Fsp3) is 0.571. The maximum Gasteiger partial charge on any atom is 0.322 e. The van der Waals surface area contributed by atoms with Gasteiger partial charge in [0, 0.05) is 19.5 Å². The van der Waals surface area contributed by atoms with Crippen LogP contribution in [0.1, 0.15) is 96.5 Å². The molecule has 3 amide bonds. The fourth-order valence-corrected chi connectivity index (χ4v) is 6.17. The molecular formula is C35H49N3O5. The molecule has 234 valence electrons. The van der Waals surface area contributed by atoms with Crippen molar-refractivity contribution >= 4 is 23.6 Å². The highest BCUT2D eigenvalue weighted by Gasteiger charge is 2.28. The molecule has 2 aromatic rings. The van der Waals surface area contributed by atoms with E-state index in [1.54, 1.807) is 11.8 Å². The van der Waals surface area contributed by atoms with Crippen molar-refractivity contribution in [1.82, 2.24) is 10.6 Å². The number of urea groups is 1. The van der Waals surface area contributed by atoms with Gasteiger partial charge in [-0.1, -0.05) is 56.5 Å². The zero-order valence-corrected chi connectivity index (χ0v) is 26.2. The Hall–Kier alpha value is -3.55. The average molecular weight is 592 g/mol. The van der Waals surface area contributed by atoms with Crippen LogP contribution in [0.25, 0.3) is 11.1 Å². The van der Waals surface area contributed by atoms with Gasteiger partial charge in [-0.2, -0.15) is 0 Å². The summed E-state index contributed by atoms with van der Waals surface area (Å²) < 4.78 is 11.1. The van der Waals surface area contributed by atoms with Gasteiger partial charge in [0.25, 0.3) is 0 Å². The number of carbonyl (C=O) groups is 3. The molecular weight excluding hydrogens is 542 g/mol. The first-order chi connectivity index (χ1) is 20.9. The first-order valence-electron chi connectivity index (χ1n) is 16.3. The summed E-state index contributed by atoms with van der Waals surface area (Å²) in [5, 5.41) is 5.94. The molecule has 1 aliphatic carbocycles. The van der Waals surface area contributed by atoms with Crippen LogP contribution in [-0.2, 0) is 14.3 Å². The smallest absolute Gasteiger partial charge is 0.322 e. The van der Waals surface area contributed by atoms with Gasteiger partial charge in [-0.15, -0.1) is 0 Å². The third-order valence-electron chi connectivity index (χ3n) is 8.56. The second kappa shape index (κ2) is 16.3. The molecule has 8 nitrogen and oxygen atoms in total. The van der Waals surface area contributed by atoms with Crippen molar-refractivity contribution in [3.63, 3.8) is 0 Å². The summed E-state index contributed by atoms with van der Waals surface area (Å²) in [5.41, 5.74) is 4.34. The Bertz CT molecular complexity index is 1210. The van der Waals surface area contributed by atoms with Gasteiger partial charge in [0.2, 0.25) is 5.91 Å². The topological polar surface area (TPSA) is 97.0 Å². The van der Waals surface area contributed by atoms with E-state index in [-0.39, 0.29) is 30.4 Å². The highest BCUT2D eigenvalue weighted by Crippen LogP contribution is 2.39. The lowest BCUT2D eigenvalue weighted by Gasteiger charge is -2.33. The van der Waals surface area contributed by atoms with Gasteiger partial charge in [0.05, 0.1) is 25.3 Å². The molecule has 1 fully saturated rings. The minimum atomic E-state index is -0.275. The molecule has 1 heterocycles. The van der Waals surface area contributed by atoms with Gasteiger partial charge in [-0.05, 0) is 86.6 Å². The molecule has 0 spiro atoms. The molecule has 2 aromatic carbocycles. The number of nitrogens with one attached hydrogen (secondary N) is 2. The predicted molar refractivity (Wildman–Crippen MR) is 170 cm³/mol. The minimum Gasteiger partial charge on any atom is -0.487 e. The second-order valence-electron chi connectivity index (χ2n) is 12.0. The van der Waals surface area contributed by atoms with Crippen LogP contribution in [-0.4, -0.2) is 50.3 Å². The molecule has 0 aromatic heterocycles. The number of ether oxygens (including phenoxy) is 2. The first-order valence-corrected chi connectivity index (χ1v) is 16.3. The van der Waals surface area contributed by atoms with Gasteiger partial charge in [0.1, 0.15) is 11.9 Å². The molecule has 1 aliphatic heterocycles. The fourth-order valence-electron chi connectivity index (χ4n) is 6.17. The monoisotopic (exact) mass is 591 g/mol. The Labute approximate surface area is 256 Å². The quantitative estimate of drug-likeness (QED) is 0.194. The lowest BCUT2D eigenvalue weighted by atomic mass is 9.77. The molecule has 0 bridgehead atoms. The molecule has 0 radical (unpaired) electrons. The lowest BCUT2D eigenvalue weighted by Crippen LogP contribution is -2.47. The first kappa shape index (κ1) is 32.4. The number of amides is 3. The third kappa shape index (κ3) is 9.47. The van der Waals surface area contributed by atoms with Crippen LogP contribution in [0.3, 0.4) is 0 Å². The van der Waals surface area contributed by atoms with Crippen molar-refractivity contribution in [3.8, 4) is 16.9 Å². The summed E-state index contributed by atoms with van der Waals surface area (Å²) in [5.74, 6) is 1.37. The number of hydrogen-bond donors (Lipinski definition) is 2. The maximum atomic E-state index is 13.0. The largest absolute Gasteiger partial charge is 0.487 e. The lowest BCUT2D eigenvalue weighted by molar-refractivity contribution is -0.143. The van der Waals surface area contributed by atoms with Gasteiger partial charge in [-0.3, -0.25) is 14.5 Å². The number of nitrogens with zero attached hydrogens (tertiary/aromatic N) is 1. The summed E-state index contributed by atoms with van der Waals surface area (Å²) in [6.45, 7) is 7.88. The van der Waals surface area contributed by atoms with Crippen LogP contribution in [0, 0.1) is 5.92 Å². The van der Waals surface area contributed by atoms with E-state index in [4.69, 9.17) is 9.47 Å². The van der Waals surface area contributed by atoms with Gasteiger partial charge in [0.15, 0.2) is 0 Å². The van der Waals surface area contributed by atoms with Crippen molar-refractivity contribution < 1.29 is 23.9 Å². The van der Waals surface area contributed by atoms with E-state index < -0.39 is 0 Å². The maximum absolute atomic E-state index is 13.0. The summed E-state index contributed by atoms with van der Waals surface area (Å²) in [6, 6.07) is 14.8. The second-order valence-corrected chi connectivity index (χ2v) is 12.0. The Morgan fingerprint density at radius 1 is 0.907 bits per heavy atom. The number of rotatable bonds is 13. The SMILES string of the molecule is CCCCCCNC(=O)N1CC(C)Oc2cc(-c3ccc(C4CCC(CC(=O)NCCC(=O)OCC)CC4)cc3)ccc21. The normalized spacial score (nSPS) is 19.6. The van der Waals surface area contributed by atoms with E-state index in [0.717, 1.165) is 61.1 Å². The number of esters is 1. The number of anilines is 1. The van der Waals surface area contributed by atoms with Crippen molar-refractivity contribution in [2.24, 2.45) is 5.92 Å². The standard InChI is InChI=1S/C35H49N3O5/c1-4-6-7-8-20-37-35(41)38-24-25(3)43-32-23-30(17-18-31(32)38)29-15-13-28(14-16-29)27-11-9-26(10-12-27)22-33(39)36-21-19-34(40)42-5-2/h13-18,23,25-27H,4-12,19-22,24H2,1-3H3,(H,36,39)(H,37,41). The van der Waals surface area contributed by atoms with Crippen molar-refractivity contribution in [2.45, 2.75) is 97.0 Å². The molecule has 1 unspecified atom stereocenters. The predicted octanol–water partition coefficient (Wildman–Crippen LogP) is 6.96. The molecule has 2 aliphatic rings. The van der Waals surface area contributed by atoms with E-state index in [1.165, 1.54) is 18.4 Å². The summed E-state index contributed by atoms with van der Waals surface area (Å²) in [6.07, 6.45) is 9.36. The minimum absolute atomic E-state index is 0.0201. The van der Waals surface area contributed by atoms with Gasteiger partial charge in [-0.25, -0.2) is 4.79 Å². The van der Waals surface area contributed by atoms with Gasteiger partial charge < -0.3 is 20.1 Å². The summed E-state index contributed by atoms with van der Waals surface area (Å²) in [7, 11) is 0. The Morgan fingerprint density at radius 2 is 1.65 bits per heavy atom. The van der Waals surface area contributed by atoms with Gasteiger partial charge >= 0.3 is 12.0 Å². The molecule has 4 rings (SSSR count). The third-order valence-corrected chi connectivity index (χ3v) is 8.56. The number of hydrogen-bond acceptors (Lipinski definition) is 5. The van der Waals surface area contributed by atoms with Crippen LogP contribution in [0.2, 0.25) is 0 Å². The van der Waals surface area contributed by atoms with Crippen LogP contribution in [0.4, 0.5) is 10.5 Å². The van der Waals surface area contributed by atoms with Crippen molar-refractivity contribution in [2.75, 3.05) is 31.1 Å². The summed E-state index contributed by atoms with van der Waals surface area (Å²) in [4.78, 5) is 38.5. The van der Waals surface area contributed by atoms with E-state index >= 15 is 0 Å².